The first-order valence-corrected chi connectivity index (χ1v) is 22.6. The first kappa shape index (κ1) is 57.3. The van der Waals surface area contributed by atoms with Gasteiger partial charge < -0.3 is 81.0 Å². The summed E-state index contributed by atoms with van der Waals surface area (Å²) in [5.74, 6) is -7.77. The molecule has 1 fully saturated rings. The molecule has 24 nitrogen and oxygen atoms in total. The summed E-state index contributed by atoms with van der Waals surface area (Å²) in [4.78, 5) is 124. The lowest BCUT2D eigenvalue weighted by Crippen LogP contribution is -2.61. The van der Waals surface area contributed by atoms with Gasteiger partial charge in [-0.2, -0.15) is 0 Å². The second kappa shape index (κ2) is 29.8. The fourth-order valence-electron chi connectivity index (χ4n) is 7.04. The number of nitrogens with one attached hydrogen (secondary N) is 9. The summed E-state index contributed by atoms with van der Waals surface area (Å²) in [7, 11) is 0. The Bertz CT molecular complexity index is 1800. The van der Waals surface area contributed by atoms with E-state index < -0.39 is 114 Å². The number of aliphatic hydroxyl groups excluding tert-OH is 2. The maximum Gasteiger partial charge on any atom is 0.245 e. The number of nitrogens with two attached hydrogens (primary N) is 4. The lowest BCUT2D eigenvalue weighted by atomic mass is 10.00. The first-order valence-electron chi connectivity index (χ1n) is 22.6. The summed E-state index contributed by atoms with van der Waals surface area (Å²) < 4.78 is 0. The predicted molar refractivity (Wildman–Crippen MR) is 245 cm³/mol. The summed E-state index contributed by atoms with van der Waals surface area (Å²) in [5.41, 5.74) is 23.8. The lowest BCUT2D eigenvalue weighted by molar-refractivity contribution is -0.136. The Balaban J connectivity index is 2.73. The molecule has 1 aromatic carbocycles. The van der Waals surface area contributed by atoms with Crippen LogP contribution in [0.2, 0.25) is 0 Å². The van der Waals surface area contributed by atoms with Crippen molar-refractivity contribution >= 4 is 53.2 Å². The van der Waals surface area contributed by atoms with Crippen molar-refractivity contribution in [2.45, 2.75) is 140 Å². The third-order valence-electron chi connectivity index (χ3n) is 10.5. The van der Waals surface area contributed by atoms with Gasteiger partial charge in [0.1, 0.15) is 48.3 Å². The van der Waals surface area contributed by atoms with E-state index in [2.05, 4.69) is 47.9 Å². The van der Waals surface area contributed by atoms with Crippen LogP contribution in [0.1, 0.15) is 78.2 Å². The van der Waals surface area contributed by atoms with Gasteiger partial charge in [0.2, 0.25) is 53.2 Å². The average Bonchev–Trinajstić information content (AvgIpc) is 3.25. The molecule has 0 spiro atoms. The maximum absolute atomic E-state index is 14.2. The predicted octanol–water partition coefficient (Wildman–Crippen LogP) is -5.78. The van der Waals surface area contributed by atoms with Crippen molar-refractivity contribution in [2.75, 3.05) is 32.7 Å². The van der Waals surface area contributed by atoms with E-state index in [1.165, 1.54) is 13.8 Å². The molecule has 1 heterocycles. The lowest BCUT2D eigenvalue weighted by Gasteiger charge is -2.28. The molecular formula is C43H73N13O11. The van der Waals surface area contributed by atoms with Gasteiger partial charge in [-0.15, -0.1) is 0 Å². The second-order valence-electron chi connectivity index (χ2n) is 17.0. The fourth-order valence-corrected chi connectivity index (χ4v) is 7.04. The number of benzene rings is 1. The van der Waals surface area contributed by atoms with E-state index in [9.17, 15) is 53.4 Å². The molecule has 1 saturated heterocycles. The van der Waals surface area contributed by atoms with Crippen LogP contribution in [0.5, 0.6) is 0 Å². The number of carbonyl (C=O) groups excluding carboxylic acids is 9. The van der Waals surface area contributed by atoms with Crippen molar-refractivity contribution in [3.63, 3.8) is 0 Å². The van der Waals surface area contributed by atoms with Gasteiger partial charge in [-0.1, -0.05) is 44.2 Å². The molecule has 0 radical (unpaired) electrons. The number of aliphatic hydroxyl groups is 2. The van der Waals surface area contributed by atoms with E-state index in [4.69, 9.17) is 22.9 Å². The molecule has 67 heavy (non-hydrogen) atoms. The summed E-state index contributed by atoms with van der Waals surface area (Å²) >= 11 is 0. The fraction of sp³-hybridized carbons (Fsp3) is 0.651. The van der Waals surface area contributed by atoms with Crippen LogP contribution < -0.4 is 70.8 Å². The summed E-state index contributed by atoms with van der Waals surface area (Å²) in [5, 5.41) is 43.4. The molecule has 2 rings (SSSR count). The van der Waals surface area contributed by atoms with Gasteiger partial charge >= 0.3 is 0 Å². The second-order valence-corrected chi connectivity index (χ2v) is 17.0. The van der Waals surface area contributed by atoms with Crippen LogP contribution in [0.4, 0.5) is 0 Å². The normalized spacial score (nSPS) is 24.6. The zero-order valence-electron chi connectivity index (χ0n) is 38.8. The third-order valence-corrected chi connectivity index (χ3v) is 10.5. The molecule has 0 unspecified atom stereocenters. The number of hydrogen-bond acceptors (Lipinski definition) is 15. The molecular weight excluding hydrogens is 875 g/mol. The highest BCUT2D eigenvalue weighted by molar-refractivity contribution is 5.98. The van der Waals surface area contributed by atoms with Crippen LogP contribution in [0.25, 0.3) is 0 Å². The van der Waals surface area contributed by atoms with Crippen LogP contribution >= 0.6 is 0 Å². The monoisotopic (exact) mass is 948 g/mol. The van der Waals surface area contributed by atoms with Crippen LogP contribution in [-0.4, -0.2) is 157 Å². The largest absolute Gasteiger partial charge is 0.393 e. The molecule has 0 bridgehead atoms. The van der Waals surface area contributed by atoms with Crippen LogP contribution in [0.15, 0.2) is 30.3 Å². The van der Waals surface area contributed by atoms with Crippen LogP contribution in [0, 0.1) is 5.92 Å². The highest BCUT2D eigenvalue weighted by atomic mass is 16.3. The number of carbonyl (C=O) groups is 9. The van der Waals surface area contributed by atoms with Crippen molar-refractivity contribution in [1.29, 1.82) is 0 Å². The Morgan fingerprint density at radius 2 is 1.12 bits per heavy atom. The highest BCUT2D eigenvalue weighted by Gasteiger charge is 2.36. The Kier molecular flexibility index (Phi) is 25.5. The summed E-state index contributed by atoms with van der Waals surface area (Å²) in [6, 6.07) is -2.47. The van der Waals surface area contributed by atoms with Gasteiger partial charge in [0, 0.05) is 13.0 Å². The van der Waals surface area contributed by atoms with E-state index >= 15 is 0 Å². The molecule has 10 atom stereocenters. The average molecular weight is 948 g/mol. The van der Waals surface area contributed by atoms with E-state index in [1.807, 2.05) is 0 Å². The number of rotatable bonds is 18. The smallest absolute Gasteiger partial charge is 0.245 e. The molecule has 0 aliphatic carbocycles. The standard InChI is InChI=1S/C43H73N13O11/c1-23(2)20-32-41(65)52-28(11-16-45)37(61)51-30(13-18-47)40(64)56-35(25(4)58)43(67)48-19-14-31(53-36(60)27(10-15-44)49-34(59)21-24(3)57)39(63)50-29(12-17-46)38(62)55-33(42(66)54-32)22-26-8-6-5-7-9-26/h5-9,23-25,27-33,35,57-58H,10-22,44-47H2,1-4H3,(H,48,67)(H,49,59)(H,50,63)(H,51,61)(H,52,65)(H,53,60)(H,54,66)(H,55,62)(H,56,64)/t24-,25-,27+,28+,29+,30+,31+,32+,33-,35+/m0/s1. The topological polar surface area (TPSA) is 406 Å². The Hall–Kier alpha value is -5.79. The third kappa shape index (κ3) is 20.3. The van der Waals surface area contributed by atoms with Crippen molar-refractivity contribution in [1.82, 2.24) is 47.9 Å². The van der Waals surface area contributed by atoms with E-state index in [0.717, 1.165) is 0 Å². The molecule has 24 heteroatoms. The maximum atomic E-state index is 14.2. The number of hydrogen-bond donors (Lipinski definition) is 15. The molecule has 19 N–H and O–H groups in total. The SMILES string of the molecule is CC(C)C[C@H]1NC(=O)[C@H](Cc2ccccc2)NC(=O)[C@@H](CCN)NC(=O)[C@H](NC(=O)[C@@H](CCN)NC(=O)C[C@H](C)O)CCNC(=O)[C@@H]([C@H](C)O)NC(=O)[C@@H](CCN)NC(=O)[C@@H](CCN)NC1=O. The molecule has 0 saturated carbocycles. The Labute approximate surface area is 390 Å². The zero-order chi connectivity index (χ0) is 50.2. The molecule has 1 aliphatic heterocycles. The quantitative estimate of drug-likeness (QED) is 0.0652. The van der Waals surface area contributed by atoms with Gasteiger partial charge in [0.15, 0.2) is 0 Å². The molecule has 1 aromatic rings. The van der Waals surface area contributed by atoms with E-state index in [0.29, 0.717) is 5.56 Å². The van der Waals surface area contributed by atoms with Gasteiger partial charge in [0.05, 0.1) is 18.6 Å². The zero-order valence-corrected chi connectivity index (χ0v) is 38.8. The Morgan fingerprint density at radius 3 is 1.61 bits per heavy atom. The van der Waals surface area contributed by atoms with Crippen LogP contribution in [-0.2, 0) is 49.6 Å². The molecule has 0 aromatic heterocycles. The van der Waals surface area contributed by atoms with Gasteiger partial charge in [-0.3, -0.25) is 43.2 Å². The van der Waals surface area contributed by atoms with Crippen molar-refractivity contribution in [3.8, 4) is 0 Å². The minimum Gasteiger partial charge on any atom is -0.393 e. The van der Waals surface area contributed by atoms with Crippen molar-refractivity contribution < 1.29 is 53.4 Å². The van der Waals surface area contributed by atoms with Crippen molar-refractivity contribution in [3.05, 3.63) is 35.9 Å². The Morgan fingerprint density at radius 1 is 0.642 bits per heavy atom. The van der Waals surface area contributed by atoms with Gasteiger partial charge in [-0.05, 0) is 90.0 Å². The van der Waals surface area contributed by atoms with E-state index in [1.54, 1.807) is 44.2 Å². The molecule has 376 valence electrons. The summed E-state index contributed by atoms with van der Waals surface area (Å²) in [6.45, 7) is 5.42. The van der Waals surface area contributed by atoms with Gasteiger partial charge in [0.25, 0.3) is 0 Å². The minimum atomic E-state index is -1.62. The minimum absolute atomic E-state index is 0.0735. The number of amides is 9. The van der Waals surface area contributed by atoms with Crippen molar-refractivity contribution in [2.24, 2.45) is 28.9 Å². The van der Waals surface area contributed by atoms with Gasteiger partial charge in [-0.25, -0.2) is 0 Å². The van der Waals surface area contributed by atoms with Crippen LogP contribution in [0.3, 0.4) is 0 Å². The van der Waals surface area contributed by atoms with E-state index in [-0.39, 0.29) is 90.0 Å². The molecule has 1 aliphatic rings. The highest BCUT2D eigenvalue weighted by Crippen LogP contribution is 2.11. The first-order chi connectivity index (χ1) is 31.7. The molecule has 9 amide bonds. The summed E-state index contributed by atoms with van der Waals surface area (Å²) in [6.07, 6.45) is -3.72.